The van der Waals surface area contributed by atoms with Crippen molar-refractivity contribution < 1.29 is 19.4 Å². The quantitative estimate of drug-likeness (QED) is 0.130. The Morgan fingerprint density at radius 2 is 1.37 bits per heavy atom. The van der Waals surface area contributed by atoms with Gasteiger partial charge in [-0.3, -0.25) is 25.0 Å². The van der Waals surface area contributed by atoms with E-state index in [-0.39, 0.29) is 30.2 Å². The van der Waals surface area contributed by atoms with Gasteiger partial charge in [-0.2, -0.15) is 0 Å². The number of carbonyl (C=O) groups excluding carboxylic acids is 1. The number of rotatable bonds is 15. The number of allylic oxidation sites excluding steroid dienone is 4. The Bertz CT molecular complexity index is 567. The molecule has 0 radical (unpaired) electrons. The first-order valence-corrected chi connectivity index (χ1v) is 9.31. The van der Waals surface area contributed by atoms with E-state index in [9.17, 15) is 25.0 Å². The molecule has 0 heterocycles. The summed E-state index contributed by atoms with van der Waals surface area (Å²) in [6.07, 6.45) is 12.4. The lowest BCUT2D eigenvalue weighted by molar-refractivity contribution is -0.427. The standard InChI is InChI=1S/C19H30N2O6/c1-3-4-5-7-12-17(20(23)24)14-10-11-15-18(21(25)26)13-8-6-9-16-19(22)27-2/h10-13H,3-9,14-16H2,1-2H3/b11-10-,17-12+,18-13+. The number of nitrogens with zero attached hydrogens (tertiary/aromatic N) is 2. The Balaban J connectivity index is 4.44. The molecule has 0 N–H and O–H groups in total. The van der Waals surface area contributed by atoms with E-state index in [0.717, 1.165) is 19.3 Å². The smallest absolute Gasteiger partial charge is 0.305 e. The number of carbonyl (C=O) groups is 1. The lowest BCUT2D eigenvalue weighted by atomic mass is 10.1. The highest BCUT2D eigenvalue weighted by Gasteiger charge is 2.10. The van der Waals surface area contributed by atoms with Gasteiger partial charge in [0.15, 0.2) is 0 Å². The fourth-order valence-corrected chi connectivity index (χ4v) is 2.32. The van der Waals surface area contributed by atoms with Crippen molar-refractivity contribution in [3.63, 3.8) is 0 Å². The second kappa shape index (κ2) is 15.7. The van der Waals surface area contributed by atoms with Gasteiger partial charge in [0.1, 0.15) is 0 Å². The maximum atomic E-state index is 11.1. The highest BCUT2D eigenvalue weighted by Crippen LogP contribution is 2.12. The minimum absolute atomic E-state index is 0.0545. The van der Waals surface area contributed by atoms with Gasteiger partial charge in [-0.1, -0.05) is 31.9 Å². The van der Waals surface area contributed by atoms with Crippen LogP contribution in [-0.2, 0) is 9.53 Å². The van der Waals surface area contributed by atoms with Crippen LogP contribution in [-0.4, -0.2) is 22.9 Å². The van der Waals surface area contributed by atoms with Crippen LogP contribution < -0.4 is 0 Å². The normalized spacial score (nSPS) is 12.4. The molecule has 0 aromatic carbocycles. The van der Waals surface area contributed by atoms with Gasteiger partial charge in [-0.05, 0) is 44.3 Å². The summed E-state index contributed by atoms with van der Waals surface area (Å²) in [5.41, 5.74) is 0.177. The van der Waals surface area contributed by atoms with Crippen molar-refractivity contribution in [1.82, 2.24) is 0 Å². The predicted molar refractivity (Wildman–Crippen MR) is 103 cm³/mol. The van der Waals surface area contributed by atoms with Crippen LogP contribution in [0, 0.1) is 20.2 Å². The lowest BCUT2D eigenvalue weighted by Crippen LogP contribution is -2.00. The van der Waals surface area contributed by atoms with E-state index in [1.54, 1.807) is 18.2 Å². The van der Waals surface area contributed by atoms with Gasteiger partial charge in [0.05, 0.1) is 29.8 Å². The zero-order chi connectivity index (χ0) is 20.5. The molecule has 152 valence electrons. The maximum Gasteiger partial charge on any atom is 0.305 e. The van der Waals surface area contributed by atoms with Crippen LogP contribution in [0.5, 0.6) is 0 Å². The van der Waals surface area contributed by atoms with Gasteiger partial charge >= 0.3 is 5.97 Å². The second-order valence-corrected chi connectivity index (χ2v) is 6.10. The molecular formula is C19H30N2O6. The second-order valence-electron chi connectivity index (χ2n) is 6.10. The summed E-state index contributed by atoms with van der Waals surface area (Å²) in [6, 6.07) is 0. The Morgan fingerprint density at radius 1 is 0.889 bits per heavy atom. The zero-order valence-corrected chi connectivity index (χ0v) is 16.2. The van der Waals surface area contributed by atoms with Gasteiger partial charge < -0.3 is 4.74 Å². The molecule has 0 atom stereocenters. The first-order valence-electron chi connectivity index (χ1n) is 9.31. The topological polar surface area (TPSA) is 113 Å². The Labute approximate surface area is 160 Å². The molecular weight excluding hydrogens is 352 g/mol. The van der Waals surface area contributed by atoms with E-state index < -0.39 is 9.85 Å². The van der Waals surface area contributed by atoms with Gasteiger partial charge in [-0.15, -0.1) is 0 Å². The molecule has 0 amide bonds. The van der Waals surface area contributed by atoms with Crippen LogP contribution in [0.25, 0.3) is 0 Å². The summed E-state index contributed by atoms with van der Waals surface area (Å²) in [6.45, 7) is 2.07. The van der Waals surface area contributed by atoms with Crippen molar-refractivity contribution >= 4 is 5.97 Å². The molecule has 8 heteroatoms. The van der Waals surface area contributed by atoms with Crippen molar-refractivity contribution in [3.8, 4) is 0 Å². The van der Waals surface area contributed by atoms with E-state index >= 15 is 0 Å². The summed E-state index contributed by atoms with van der Waals surface area (Å²) in [5.74, 6) is -0.291. The number of ether oxygens (including phenoxy) is 1. The molecule has 0 saturated carbocycles. The van der Waals surface area contributed by atoms with Crippen LogP contribution in [0.1, 0.15) is 71.1 Å². The minimum atomic E-state index is -0.445. The van der Waals surface area contributed by atoms with Crippen molar-refractivity contribution in [2.75, 3.05) is 7.11 Å². The molecule has 0 aliphatic rings. The average Bonchev–Trinajstić information content (AvgIpc) is 2.63. The molecule has 0 rings (SSSR count). The molecule has 8 nitrogen and oxygen atoms in total. The van der Waals surface area contributed by atoms with Crippen molar-refractivity contribution in [3.05, 3.63) is 55.9 Å². The fraction of sp³-hybridized carbons (Fsp3) is 0.632. The maximum absolute atomic E-state index is 11.1. The van der Waals surface area contributed by atoms with E-state index in [1.165, 1.54) is 13.2 Å². The molecule has 0 aromatic rings. The highest BCUT2D eigenvalue weighted by molar-refractivity contribution is 5.68. The molecule has 0 fully saturated rings. The Kier molecular flexibility index (Phi) is 14.3. The van der Waals surface area contributed by atoms with Crippen LogP contribution in [0.4, 0.5) is 0 Å². The third-order valence-electron chi connectivity index (χ3n) is 3.92. The number of hydrogen-bond acceptors (Lipinski definition) is 6. The number of esters is 1. The van der Waals surface area contributed by atoms with Crippen molar-refractivity contribution in [2.45, 2.75) is 71.1 Å². The molecule has 0 bridgehead atoms. The Morgan fingerprint density at radius 3 is 1.78 bits per heavy atom. The largest absolute Gasteiger partial charge is 0.469 e. The van der Waals surface area contributed by atoms with Crippen LogP contribution in [0.2, 0.25) is 0 Å². The average molecular weight is 382 g/mol. The van der Waals surface area contributed by atoms with E-state index in [2.05, 4.69) is 11.7 Å². The Hall–Kier alpha value is -2.51. The zero-order valence-electron chi connectivity index (χ0n) is 16.2. The molecule has 0 aliphatic heterocycles. The first-order chi connectivity index (χ1) is 12.9. The summed E-state index contributed by atoms with van der Waals surface area (Å²) in [4.78, 5) is 32.2. The molecule has 0 aliphatic carbocycles. The molecule has 27 heavy (non-hydrogen) atoms. The minimum Gasteiger partial charge on any atom is -0.469 e. The van der Waals surface area contributed by atoms with Crippen LogP contribution in [0.15, 0.2) is 35.7 Å². The molecule has 0 aromatic heterocycles. The van der Waals surface area contributed by atoms with Crippen molar-refractivity contribution in [1.29, 1.82) is 0 Å². The highest BCUT2D eigenvalue weighted by atomic mass is 16.6. The van der Waals surface area contributed by atoms with Crippen LogP contribution >= 0.6 is 0 Å². The molecule has 0 spiro atoms. The van der Waals surface area contributed by atoms with Gasteiger partial charge in [-0.25, -0.2) is 0 Å². The monoisotopic (exact) mass is 382 g/mol. The van der Waals surface area contributed by atoms with Crippen LogP contribution in [0.3, 0.4) is 0 Å². The van der Waals surface area contributed by atoms with Gasteiger partial charge in [0, 0.05) is 6.42 Å². The SMILES string of the molecule is CCCCC/C=C(\C/C=C\C/C(=C\CCCCC(=O)OC)[N+](=O)[O-])[N+](=O)[O-]. The van der Waals surface area contributed by atoms with Crippen molar-refractivity contribution in [2.24, 2.45) is 0 Å². The van der Waals surface area contributed by atoms with E-state index in [1.807, 2.05) is 0 Å². The van der Waals surface area contributed by atoms with E-state index in [4.69, 9.17) is 0 Å². The molecule has 0 unspecified atom stereocenters. The van der Waals surface area contributed by atoms with E-state index in [0.29, 0.717) is 32.1 Å². The summed E-state index contributed by atoms with van der Waals surface area (Å²) in [5, 5.41) is 22.1. The number of hydrogen-bond donors (Lipinski definition) is 0. The summed E-state index contributed by atoms with van der Waals surface area (Å²) in [7, 11) is 1.32. The molecule has 0 saturated heterocycles. The summed E-state index contributed by atoms with van der Waals surface area (Å²) >= 11 is 0. The third-order valence-corrected chi connectivity index (χ3v) is 3.92. The fourth-order valence-electron chi connectivity index (χ4n) is 2.32. The number of nitro groups is 2. The first kappa shape index (κ1) is 24.5. The predicted octanol–water partition coefficient (Wildman–Crippen LogP) is 4.96. The van der Waals surface area contributed by atoms with Gasteiger partial charge in [0.25, 0.3) is 0 Å². The summed E-state index contributed by atoms with van der Waals surface area (Å²) < 4.78 is 4.53. The number of unbranched alkanes of at least 4 members (excludes halogenated alkanes) is 5. The third kappa shape index (κ3) is 13.4. The lowest BCUT2D eigenvalue weighted by Gasteiger charge is -1.98. The number of methoxy groups -OCH3 is 1. The van der Waals surface area contributed by atoms with Gasteiger partial charge in [0.2, 0.25) is 11.4 Å².